The molecule has 19 heavy (non-hydrogen) atoms. The molecule has 108 valence electrons. The average Bonchev–Trinajstić information content (AvgIpc) is 1.76. The molecule has 0 aromatic carbocycles. The molecule has 0 amide bonds. The van der Waals surface area contributed by atoms with Crippen LogP contribution in [0.25, 0.3) is 0 Å². The molecule has 0 spiro atoms. The summed E-state index contributed by atoms with van der Waals surface area (Å²) in [5, 5.41) is 86.0. The quantitative estimate of drug-likeness (QED) is 0.182. The van der Waals surface area contributed by atoms with Crippen LogP contribution in [0.4, 0.5) is 0 Å². The summed E-state index contributed by atoms with van der Waals surface area (Å²) in [5.74, 6) is 0. The van der Waals surface area contributed by atoms with Crippen LogP contribution >= 0.6 is 0 Å². The summed E-state index contributed by atoms with van der Waals surface area (Å²) >= 11 is 0. The summed E-state index contributed by atoms with van der Waals surface area (Å²) in [4.78, 5) is 0. The van der Waals surface area contributed by atoms with E-state index in [-0.39, 0.29) is 111 Å². The predicted molar refractivity (Wildman–Crippen MR) is 55.5 cm³/mol. The van der Waals surface area contributed by atoms with Gasteiger partial charge in [0.05, 0.1) is 0 Å². The minimum Gasteiger partial charge on any atom is -1.00 e. The SMILES string of the molecule is O.OB(O)O.OB(O)O.OB(O)O.OB(O)O.[H-].[H-].[K+].[K+]. The minimum atomic E-state index is -2.17. The second kappa shape index (κ2) is 37.3. The van der Waals surface area contributed by atoms with E-state index >= 15 is 0 Å². The van der Waals surface area contributed by atoms with Crippen LogP contribution in [-0.2, 0) is 0 Å². The van der Waals surface area contributed by atoms with E-state index in [1.54, 1.807) is 0 Å². The molecule has 0 bridgehead atoms. The average molecular weight is 346 g/mol. The third kappa shape index (κ3) is 837. The largest absolute Gasteiger partial charge is 1.00 e. The van der Waals surface area contributed by atoms with Crippen LogP contribution in [0.5, 0.6) is 0 Å². The molecule has 0 radical (unpaired) electrons. The van der Waals surface area contributed by atoms with Crippen molar-refractivity contribution >= 4 is 29.3 Å². The molecule has 0 aromatic heterocycles. The first kappa shape index (κ1) is 43.1. The molecule has 13 nitrogen and oxygen atoms in total. The summed E-state index contributed by atoms with van der Waals surface area (Å²) in [6.07, 6.45) is 0. The van der Waals surface area contributed by atoms with E-state index in [4.69, 9.17) is 60.3 Å². The Kier molecular flexibility index (Phi) is 84.7. The van der Waals surface area contributed by atoms with E-state index in [9.17, 15) is 0 Å². The number of hydrogen-bond acceptors (Lipinski definition) is 12. The Labute approximate surface area is 197 Å². The molecule has 0 saturated carbocycles. The Morgan fingerprint density at radius 3 is 0.368 bits per heavy atom. The van der Waals surface area contributed by atoms with Gasteiger partial charge in [-0.2, -0.15) is 0 Å². The van der Waals surface area contributed by atoms with Crippen LogP contribution in [0.2, 0.25) is 0 Å². The zero-order valence-electron chi connectivity index (χ0n) is 12.2. The standard InChI is InChI=1S/4BH3O3.2K.H2O.2H/c4*2-1(3)4;;;;;/h4*2-4H;;;1H2;;/q;;;;2*+1;;2*-1. The van der Waals surface area contributed by atoms with Gasteiger partial charge >= 0.3 is 132 Å². The topological polar surface area (TPSA) is 274 Å². The first-order valence-electron chi connectivity index (χ1n) is 3.10. The summed E-state index contributed by atoms with van der Waals surface area (Å²) < 4.78 is 0. The molecule has 0 heterocycles. The molecular formula is H16B4K2O13. The first-order chi connectivity index (χ1) is 6.93. The van der Waals surface area contributed by atoms with Crippen molar-refractivity contribution in [2.24, 2.45) is 0 Å². The van der Waals surface area contributed by atoms with E-state index < -0.39 is 29.3 Å². The maximum atomic E-state index is 7.17. The second-order valence-corrected chi connectivity index (χ2v) is 1.39. The summed E-state index contributed by atoms with van der Waals surface area (Å²) in [5.41, 5.74) is 0. The Morgan fingerprint density at radius 2 is 0.368 bits per heavy atom. The fourth-order valence-electron chi connectivity index (χ4n) is 0. The second-order valence-electron chi connectivity index (χ2n) is 1.39. The minimum absolute atomic E-state index is 0. The predicted octanol–water partition coefficient (Wildman–Crippen LogP) is -14.8. The molecule has 0 saturated heterocycles. The van der Waals surface area contributed by atoms with Gasteiger partial charge in [-0.1, -0.05) is 0 Å². The Morgan fingerprint density at radius 1 is 0.368 bits per heavy atom. The number of hydrogen-bond donors (Lipinski definition) is 12. The van der Waals surface area contributed by atoms with Crippen molar-refractivity contribution in [3.05, 3.63) is 0 Å². The molecular weight excluding hydrogens is 329 g/mol. The fraction of sp³-hybridized carbons (Fsp3) is 0. The third-order valence-corrected chi connectivity index (χ3v) is 0. The summed E-state index contributed by atoms with van der Waals surface area (Å²) in [6, 6.07) is 0. The van der Waals surface area contributed by atoms with Gasteiger partial charge in [0.25, 0.3) is 0 Å². The molecule has 0 aromatic rings. The van der Waals surface area contributed by atoms with Crippen LogP contribution in [0.1, 0.15) is 2.85 Å². The van der Waals surface area contributed by atoms with E-state index in [0.717, 1.165) is 0 Å². The third-order valence-electron chi connectivity index (χ3n) is 0. The van der Waals surface area contributed by atoms with Crippen LogP contribution in [0, 0.1) is 0 Å². The van der Waals surface area contributed by atoms with Crippen molar-refractivity contribution in [3.63, 3.8) is 0 Å². The van der Waals surface area contributed by atoms with Crippen LogP contribution in [-0.4, -0.2) is 95.0 Å². The molecule has 0 aliphatic carbocycles. The first-order valence-corrected chi connectivity index (χ1v) is 3.10. The molecule has 19 heteroatoms. The zero-order chi connectivity index (χ0) is 14.3. The van der Waals surface area contributed by atoms with E-state index in [0.29, 0.717) is 0 Å². The van der Waals surface area contributed by atoms with Gasteiger partial charge in [0.15, 0.2) is 0 Å². The van der Waals surface area contributed by atoms with Crippen molar-refractivity contribution in [2.75, 3.05) is 0 Å². The van der Waals surface area contributed by atoms with E-state index in [1.165, 1.54) is 0 Å². The Bertz CT molecular complexity index is 75.2. The number of rotatable bonds is 0. The van der Waals surface area contributed by atoms with Crippen LogP contribution < -0.4 is 103 Å². The fourth-order valence-corrected chi connectivity index (χ4v) is 0. The van der Waals surface area contributed by atoms with Gasteiger partial charge in [0.2, 0.25) is 0 Å². The maximum Gasteiger partial charge on any atom is 1.00 e. The monoisotopic (exact) mass is 346 g/mol. The molecule has 0 aliphatic rings. The normalized spacial score (nSPS) is 5.68. The van der Waals surface area contributed by atoms with Gasteiger partial charge < -0.3 is 68.6 Å². The molecule has 0 unspecified atom stereocenters. The van der Waals surface area contributed by atoms with Gasteiger partial charge in [-0.3, -0.25) is 0 Å². The van der Waals surface area contributed by atoms with Crippen molar-refractivity contribution in [2.45, 2.75) is 0 Å². The summed E-state index contributed by atoms with van der Waals surface area (Å²) in [6.45, 7) is 0. The van der Waals surface area contributed by atoms with Gasteiger partial charge in [0.1, 0.15) is 0 Å². The van der Waals surface area contributed by atoms with Crippen molar-refractivity contribution < 1.29 is 171 Å². The van der Waals surface area contributed by atoms with Crippen molar-refractivity contribution in [1.82, 2.24) is 0 Å². The molecule has 0 aliphatic heterocycles. The molecule has 0 atom stereocenters. The van der Waals surface area contributed by atoms with Gasteiger partial charge in [-0.05, 0) is 0 Å². The van der Waals surface area contributed by atoms with Gasteiger partial charge in [-0.25, -0.2) is 0 Å². The van der Waals surface area contributed by atoms with Crippen LogP contribution in [0.15, 0.2) is 0 Å². The Hall–Kier alpha value is 3.01. The molecule has 0 rings (SSSR count). The van der Waals surface area contributed by atoms with Gasteiger partial charge in [-0.15, -0.1) is 0 Å². The Balaban J connectivity index is -0.0000000121. The van der Waals surface area contributed by atoms with Crippen molar-refractivity contribution in [3.8, 4) is 0 Å². The molecule has 14 N–H and O–H groups in total. The summed E-state index contributed by atoms with van der Waals surface area (Å²) in [7, 11) is -8.67. The maximum absolute atomic E-state index is 7.17. The van der Waals surface area contributed by atoms with Crippen LogP contribution in [0.3, 0.4) is 0 Å². The van der Waals surface area contributed by atoms with E-state index in [2.05, 4.69) is 0 Å². The molecule has 0 fully saturated rings. The van der Waals surface area contributed by atoms with Gasteiger partial charge in [0, 0.05) is 0 Å². The smallest absolute Gasteiger partial charge is 1.00 e. The van der Waals surface area contributed by atoms with Crippen molar-refractivity contribution in [1.29, 1.82) is 0 Å². The van der Waals surface area contributed by atoms with E-state index in [1.807, 2.05) is 0 Å². The zero-order valence-corrected chi connectivity index (χ0v) is 16.4.